The zero-order chi connectivity index (χ0) is 6.69. The fourth-order valence-corrected chi connectivity index (χ4v) is 0.795. The number of hydrogen-bond donors (Lipinski definition) is 0. The largest absolute Gasteiger partial charge is 0.412 e. The van der Waals surface area contributed by atoms with E-state index in [0.717, 1.165) is 5.56 Å². The third-order valence-electron chi connectivity index (χ3n) is 1.06. The van der Waals surface area contributed by atoms with Gasteiger partial charge in [-0.15, -0.1) is 0 Å². The molecule has 0 bridgehead atoms. The van der Waals surface area contributed by atoms with Crippen molar-refractivity contribution >= 4 is 14.8 Å². The Labute approximate surface area is 61.8 Å². The van der Waals surface area contributed by atoms with E-state index in [-0.39, 0.29) is 11.0 Å². The first kappa shape index (κ1) is 9.28. The van der Waals surface area contributed by atoms with Gasteiger partial charge in [-0.2, -0.15) is 0 Å². The summed E-state index contributed by atoms with van der Waals surface area (Å²) in [5, 5.41) is 0. The summed E-state index contributed by atoms with van der Waals surface area (Å²) in [6.45, 7) is 0. The summed E-state index contributed by atoms with van der Waals surface area (Å²) in [5.41, 5.74) is 0.776. The lowest BCUT2D eigenvalue weighted by atomic mass is 10.2. The number of rotatable bonds is 1. The minimum atomic E-state index is 0. The average molecular weight is 156 g/mol. The molecule has 0 amide bonds. The number of benzene rings is 1. The van der Waals surface area contributed by atoms with Gasteiger partial charge < -0.3 is 5.48 Å². The Balaban J connectivity index is 0.000000810. The van der Waals surface area contributed by atoms with E-state index in [1.165, 1.54) is 0 Å². The summed E-state index contributed by atoms with van der Waals surface area (Å²) < 4.78 is 0. The molecule has 3 heteroatoms. The second kappa shape index (κ2) is 4.15. The Kier molecular flexibility index (Phi) is 3.85. The first-order chi connectivity index (χ1) is 4.30. The Morgan fingerprint density at radius 1 is 1.20 bits per heavy atom. The van der Waals surface area contributed by atoms with Crippen LogP contribution in [0.2, 0.25) is 0 Å². The highest BCUT2D eigenvalue weighted by atomic mass is 31.0. The highest BCUT2D eigenvalue weighted by Crippen LogP contribution is 2.03. The van der Waals surface area contributed by atoms with Gasteiger partial charge in [-0.1, -0.05) is 39.6 Å². The van der Waals surface area contributed by atoms with Crippen LogP contribution in [0.5, 0.6) is 0 Å². The Morgan fingerprint density at radius 3 is 2.00 bits per heavy atom. The van der Waals surface area contributed by atoms with E-state index < -0.39 is 0 Å². The highest BCUT2D eigenvalue weighted by molar-refractivity contribution is 7.41. The molecular weight excluding hydrogens is 147 g/mol. The second-order valence-corrected chi connectivity index (χ2v) is 2.25. The van der Waals surface area contributed by atoms with Gasteiger partial charge in [0.15, 0.2) is 5.52 Å². The van der Waals surface area contributed by atoms with Crippen molar-refractivity contribution in [2.75, 3.05) is 0 Å². The molecule has 0 saturated carbocycles. The molecule has 1 rings (SSSR count). The van der Waals surface area contributed by atoms with Crippen molar-refractivity contribution in [1.29, 1.82) is 0 Å². The Morgan fingerprint density at radius 2 is 1.70 bits per heavy atom. The maximum atomic E-state index is 10.6. The van der Waals surface area contributed by atoms with Crippen molar-refractivity contribution in [1.82, 2.24) is 0 Å². The van der Waals surface area contributed by atoms with Gasteiger partial charge in [0, 0.05) is 5.56 Å². The van der Waals surface area contributed by atoms with E-state index in [9.17, 15) is 4.79 Å². The topological polar surface area (TPSA) is 48.6 Å². The lowest BCUT2D eigenvalue weighted by Crippen LogP contribution is -1.83. The van der Waals surface area contributed by atoms with Crippen LogP contribution in [0.25, 0.3) is 0 Å². The zero-order valence-corrected chi connectivity index (χ0v) is 6.53. The third kappa shape index (κ3) is 2.26. The van der Waals surface area contributed by atoms with E-state index in [4.69, 9.17) is 0 Å². The van der Waals surface area contributed by atoms with Crippen molar-refractivity contribution in [3.8, 4) is 0 Å². The van der Waals surface area contributed by atoms with Crippen molar-refractivity contribution in [2.24, 2.45) is 0 Å². The van der Waals surface area contributed by atoms with Crippen molar-refractivity contribution in [2.45, 2.75) is 0 Å². The van der Waals surface area contributed by atoms with Crippen LogP contribution in [-0.4, -0.2) is 11.0 Å². The van der Waals surface area contributed by atoms with Crippen LogP contribution < -0.4 is 0 Å². The molecule has 0 aliphatic carbocycles. The van der Waals surface area contributed by atoms with Gasteiger partial charge in [0.05, 0.1) is 0 Å². The lowest BCUT2D eigenvalue weighted by Gasteiger charge is -1.89. The van der Waals surface area contributed by atoms with Gasteiger partial charge >= 0.3 is 0 Å². The quantitative estimate of drug-likeness (QED) is 0.556. The fourth-order valence-electron chi connectivity index (χ4n) is 0.602. The van der Waals surface area contributed by atoms with Crippen molar-refractivity contribution < 1.29 is 10.3 Å². The second-order valence-electron chi connectivity index (χ2n) is 1.73. The van der Waals surface area contributed by atoms with Gasteiger partial charge in [0.25, 0.3) is 0 Å². The van der Waals surface area contributed by atoms with Gasteiger partial charge in [-0.3, -0.25) is 4.79 Å². The SMILES string of the molecule is O.O=C(P)c1ccccc1. The number of hydrogen-bond acceptors (Lipinski definition) is 1. The van der Waals surface area contributed by atoms with Crippen LogP contribution in [0.3, 0.4) is 0 Å². The van der Waals surface area contributed by atoms with Crippen LogP contribution in [0.15, 0.2) is 30.3 Å². The molecule has 1 atom stereocenters. The standard InChI is InChI=1S/C7H7OP.H2O/c8-7(9)6-4-2-1-3-5-6;/h1-5H,9H2;1H2. The maximum absolute atomic E-state index is 10.6. The predicted molar refractivity (Wildman–Crippen MR) is 44.1 cm³/mol. The summed E-state index contributed by atoms with van der Waals surface area (Å²) >= 11 is 0. The molecule has 1 aromatic carbocycles. The molecule has 0 aromatic heterocycles. The normalized spacial score (nSPS) is 8.10. The molecule has 0 saturated heterocycles. The molecule has 0 aliphatic heterocycles. The Bertz CT molecular complexity index is 208. The molecule has 2 N–H and O–H groups in total. The summed E-state index contributed by atoms with van der Waals surface area (Å²) in [6.07, 6.45) is 0. The molecule has 54 valence electrons. The zero-order valence-electron chi connectivity index (χ0n) is 5.37. The molecule has 0 spiro atoms. The van der Waals surface area contributed by atoms with Gasteiger partial charge in [-0.05, 0) is 0 Å². The first-order valence-corrected chi connectivity index (χ1v) is 3.23. The van der Waals surface area contributed by atoms with E-state index in [1.807, 2.05) is 18.2 Å². The molecule has 0 radical (unpaired) electrons. The smallest absolute Gasteiger partial charge is 0.178 e. The minimum Gasteiger partial charge on any atom is -0.412 e. The first-order valence-electron chi connectivity index (χ1n) is 2.65. The molecular formula is C7H9O2P. The van der Waals surface area contributed by atoms with Crippen LogP contribution in [-0.2, 0) is 0 Å². The number of carbonyl (C=O) groups excluding carboxylic acids is 1. The highest BCUT2D eigenvalue weighted by Gasteiger charge is 1.92. The van der Waals surface area contributed by atoms with Crippen LogP contribution >= 0.6 is 9.24 Å². The van der Waals surface area contributed by atoms with E-state index in [2.05, 4.69) is 9.24 Å². The van der Waals surface area contributed by atoms with Crippen LogP contribution in [0.4, 0.5) is 0 Å². The lowest BCUT2D eigenvalue weighted by molar-refractivity contribution is 0.108. The minimum absolute atomic E-state index is 0. The molecule has 10 heavy (non-hydrogen) atoms. The van der Waals surface area contributed by atoms with E-state index in [0.29, 0.717) is 0 Å². The predicted octanol–water partition coefficient (Wildman–Crippen LogP) is 0.877. The summed E-state index contributed by atoms with van der Waals surface area (Å²) in [6, 6.07) is 9.15. The monoisotopic (exact) mass is 156 g/mol. The molecule has 2 nitrogen and oxygen atoms in total. The van der Waals surface area contributed by atoms with Crippen molar-refractivity contribution in [3.05, 3.63) is 35.9 Å². The molecule has 0 heterocycles. The molecule has 1 unspecified atom stereocenters. The summed E-state index contributed by atoms with van der Waals surface area (Å²) in [4.78, 5) is 10.6. The van der Waals surface area contributed by atoms with Gasteiger partial charge in [-0.25, -0.2) is 0 Å². The van der Waals surface area contributed by atoms with Crippen LogP contribution in [0, 0.1) is 0 Å². The summed E-state index contributed by atoms with van der Waals surface area (Å²) in [5.74, 6) is 0. The molecule has 0 aliphatic rings. The van der Waals surface area contributed by atoms with E-state index in [1.54, 1.807) is 12.1 Å². The Hall–Kier alpha value is -0.720. The third-order valence-corrected chi connectivity index (χ3v) is 1.39. The average Bonchev–Trinajstić information content (AvgIpc) is 1.90. The summed E-state index contributed by atoms with van der Waals surface area (Å²) in [7, 11) is 2.13. The van der Waals surface area contributed by atoms with Gasteiger partial charge in [0.2, 0.25) is 0 Å². The van der Waals surface area contributed by atoms with Crippen LogP contribution in [0.1, 0.15) is 10.4 Å². The van der Waals surface area contributed by atoms with Crippen molar-refractivity contribution in [3.63, 3.8) is 0 Å². The van der Waals surface area contributed by atoms with Gasteiger partial charge in [0.1, 0.15) is 0 Å². The number of carbonyl (C=O) groups is 1. The maximum Gasteiger partial charge on any atom is 0.178 e. The fraction of sp³-hybridized carbons (Fsp3) is 0. The van der Waals surface area contributed by atoms with E-state index >= 15 is 0 Å². The molecule has 0 fully saturated rings. The molecule has 1 aromatic rings.